The molecule has 0 N–H and O–H groups in total. The molecular weight excluding hydrogens is 300 g/mol. The first kappa shape index (κ1) is 16.6. The van der Waals surface area contributed by atoms with E-state index in [9.17, 15) is 10.1 Å². The summed E-state index contributed by atoms with van der Waals surface area (Å²) >= 11 is 0. The van der Waals surface area contributed by atoms with E-state index in [2.05, 4.69) is 19.1 Å². The number of non-ortho nitro benzene ring substituents is 1. The quantitative estimate of drug-likeness (QED) is 0.409. The van der Waals surface area contributed by atoms with Gasteiger partial charge in [-0.1, -0.05) is 38.7 Å². The summed E-state index contributed by atoms with van der Waals surface area (Å²) in [6.45, 7) is 2.25. The van der Waals surface area contributed by atoms with Crippen LogP contribution in [0.15, 0.2) is 36.4 Å². The number of pyridine rings is 1. The number of fused-ring (bicyclic) bond motifs is 1. The van der Waals surface area contributed by atoms with E-state index in [4.69, 9.17) is 4.98 Å². The van der Waals surface area contributed by atoms with Crippen molar-refractivity contribution >= 4 is 5.69 Å². The Bertz CT molecular complexity index is 710. The van der Waals surface area contributed by atoms with Crippen LogP contribution in [0.25, 0.3) is 11.3 Å². The highest BCUT2D eigenvalue weighted by atomic mass is 16.6. The summed E-state index contributed by atoms with van der Waals surface area (Å²) < 4.78 is 0. The molecule has 0 unspecified atom stereocenters. The second-order valence-corrected chi connectivity index (χ2v) is 6.71. The summed E-state index contributed by atoms with van der Waals surface area (Å²) in [6, 6.07) is 10.9. The zero-order valence-corrected chi connectivity index (χ0v) is 14.2. The smallest absolute Gasteiger partial charge is 0.258 e. The third-order valence-corrected chi connectivity index (χ3v) is 4.96. The Balaban J connectivity index is 1.72. The normalized spacial score (nSPS) is 16.6. The summed E-state index contributed by atoms with van der Waals surface area (Å²) in [7, 11) is 0. The first-order valence-electron chi connectivity index (χ1n) is 8.91. The van der Waals surface area contributed by atoms with Gasteiger partial charge in [0.25, 0.3) is 5.69 Å². The van der Waals surface area contributed by atoms with Crippen LogP contribution in [0.1, 0.15) is 50.3 Å². The van der Waals surface area contributed by atoms with Gasteiger partial charge >= 0.3 is 0 Å². The molecule has 0 radical (unpaired) electrons. The number of nitro benzene ring substituents is 1. The van der Waals surface area contributed by atoms with E-state index >= 15 is 0 Å². The molecule has 0 saturated heterocycles. The van der Waals surface area contributed by atoms with Gasteiger partial charge in [0.1, 0.15) is 0 Å². The van der Waals surface area contributed by atoms with E-state index in [1.807, 2.05) is 0 Å². The van der Waals surface area contributed by atoms with Crippen LogP contribution >= 0.6 is 0 Å². The second kappa shape index (κ2) is 7.56. The lowest BCUT2D eigenvalue weighted by Gasteiger charge is -2.24. The van der Waals surface area contributed by atoms with Gasteiger partial charge in [-0.3, -0.25) is 15.1 Å². The molecule has 24 heavy (non-hydrogen) atoms. The van der Waals surface area contributed by atoms with Gasteiger partial charge in [0.05, 0.1) is 10.6 Å². The van der Waals surface area contributed by atoms with Gasteiger partial charge in [-0.2, -0.15) is 0 Å². The third kappa shape index (κ3) is 3.81. The number of rotatable bonds is 6. The first-order valence-corrected chi connectivity index (χ1v) is 8.91. The molecule has 2 aromatic rings. The Hall–Kier alpha value is -2.23. The summed E-state index contributed by atoms with van der Waals surface area (Å²) in [5.41, 5.74) is 4.55. The number of benzene rings is 1. The largest absolute Gasteiger partial charge is 0.269 e. The average Bonchev–Trinajstić information content (AvgIpc) is 2.61. The molecule has 1 aromatic carbocycles. The van der Waals surface area contributed by atoms with Gasteiger partial charge in [-0.25, -0.2) is 0 Å². The lowest BCUT2D eigenvalue weighted by Crippen LogP contribution is -2.15. The van der Waals surface area contributed by atoms with Crippen molar-refractivity contribution in [1.29, 1.82) is 0 Å². The summed E-state index contributed by atoms with van der Waals surface area (Å²) in [5.74, 6) is 0.802. The van der Waals surface area contributed by atoms with E-state index in [-0.39, 0.29) is 10.6 Å². The molecule has 1 atom stereocenters. The van der Waals surface area contributed by atoms with Crippen LogP contribution in [-0.2, 0) is 12.8 Å². The predicted octanol–water partition coefficient (Wildman–Crippen LogP) is 5.34. The van der Waals surface area contributed by atoms with E-state index in [0.29, 0.717) is 0 Å². The van der Waals surface area contributed by atoms with E-state index in [0.717, 1.165) is 30.0 Å². The highest BCUT2D eigenvalue weighted by molar-refractivity contribution is 5.61. The minimum Gasteiger partial charge on any atom is -0.258 e. The molecule has 0 aliphatic heterocycles. The molecule has 1 aliphatic rings. The molecule has 1 aliphatic carbocycles. The van der Waals surface area contributed by atoms with Gasteiger partial charge in [0.15, 0.2) is 0 Å². The second-order valence-electron chi connectivity index (χ2n) is 6.71. The molecule has 126 valence electrons. The van der Waals surface area contributed by atoms with Crippen LogP contribution in [0.4, 0.5) is 5.69 Å². The van der Waals surface area contributed by atoms with Gasteiger partial charge in [-0.05, 0) is 48.9 Å². The van der Waals surface area contributed by atoms with Gasteiger partial charge < -0.3 is 0 Å². The molecule has 4 heteroatoms. The van der Waals surface area contributed by atoms with Crippen molar-refractivity contribution < 1.29 is 4.92 Å². The van der Waals surface area contributed by atoms with Crippen molar-refractivity contribution in [3.05, 3.63) is 57.8 Å². The van der Waals surface area contributed by atoms with Crippen LogP contribution in [0.5, 0.6) is 0 Å². The van der Waals surface area contributed by atoms with Crippen molar-refractivity contribution in [3.63, 3.8) is 0 Å². The molecule has 0 spiro atoms. The van der Waals surface area contributed by atoms with Gasteiger partial charge in [0, 0.05) is 23.4 Å². The number of hydrogen-bond acceptors (Lipinski definition) is 3. The lowest BCUT2D eigenvalue weighted by atomic mass is 9.83. The van der Waals surface area contributed by atoms with Crippen LogP contribution in [0.2, 0.25) is 0 Å². The molecule has 3 rings (SSSR count). The maximum Gasteiger partial charge on any atom is 0.269 e. The van der Waals surface area contributed by atoms with E-state index in [1.54, 1.807) is 24.3 Å². The zero-order chi connectivity index (χ0) is 16.9. The number of aromatic nitrogens is 1. The molecule has 0 amide bonds. The molecular formula is C20H24N2O2. The SMILES string of the molecule is CCCCC[C@@H]1CCc2nc(-c3ccc([N+](=O)[O-])cc3)ccc2C1. The van der Waals surface area contributed by atoms with Crippen molar-refractivity contribution in [2.45, 2.75) is 51.9 Å². The van der Waals surface area contributed by atoms with Crippen LogP contribution in [0.3, 0.4) is 0 Å². The monoisotopic (exact) mass is 324 g/mol. The molecule has 1 heterocycles. The Labute approximate surface area is 143 Å². The fourth-order valence-corrected chi connectivity index (χ4v) is 3.53. The van der Waals surface area contributed by atoms with Gasteiger partial charge in [-0.15, -0.1) is 0 Å². The summed E-state index contributed by atoms with van der Waals surface area (Å²) in [6.07, 6.45) is 8.71. The van der Waals surface area contributed by atoms with E-state index < -0.39 is 0 Å². The fourth-order valence-electron chi connectivity index (χ4n) is 3.53. The van der Waals surface area contributed by atoms with Crippen LogP contribution in [-0.4, -0.2) is 9.91 Å². The highest BCUT2D eigenvalue weighted by Crippen LogP contribution is 2.30. The number of nitrogens with zero attached hydrogens (tertiary/aromatic N) is 2. The Morgan fingerprint density at radius 1 is 1.17 bits per heavy atom. The standard InChI is InChI=1S/C20H24N2O2/c1-2-3-4-5-15-6-12-20-17(14-15)9-13-19(21-20)16-7-10-18(11-8-16)22(23)24/h7-11,13,15H,2-6,12,14H2,1H3/t15-/m1/s1. The molecule has 1 aromatic heterocycles. The zero-order valence-electron chi connectivity index (χ0n) is 14.2. The predicted molar refractivity (Wildman–Crippen MR) is 96.0 cm³/mol. The number of unbranched alkanes of at least 4 members (excludes halogenated alkanes) is 2. The average molecular weight is 324 g/mol. The molecule has 0 saturated carbocycles. The topological polar surface area (TPSA) is 56.0 Å². The Morgan fingerprint density at radius 2 is 1.96 bits per heavy atom. The van der Waals surface area contributed by atoms with Crippen molar-refractivity contribution in [3.8, 4) is 11.3 Å². The summed E-state index contributed by atoms with van der Waals surface area (Å²) in [5, 5.41) is 10.8. The lowest BCUT2D eigenvalue weighted by molar-refractivity contribution is -0.384. The molecule has 4 nitrogen and oxygen atoms in total. The van der Waals surface area contributed by atoms with E-state index in [1.165, 1.54) is 43.4 Å². The maximum absolute atomic E-state index is 10.8. The van der Waals surface area contributed by atoms with Crippen molar-refractivity contribution in [2.24, 2.45) is 5.92 Å². The number of hydrogen-bond donors (Lipinski definition) is 0. The number of nitro groups is 1. The molecule has 0 bridgehead atoms. The van der Waals surface area contributed by atoms with Gasteiger partial charge in [0.2, 0.25) is 0 Å². The Kier molecular flexibility index (Phi) is 5.24. The van der Waals surface area contributed by atoms with Crippen LogP contribution in [0, 0.1) is 16.0 Å². The third-order valence-electron chi connectivity index (χ3n) is 4.96. The fraction of sp³-hybridized carbons (Fsp3) is 0.450. The minimum atomic E-state index is -0.372. The number of aryl methyl sites for hydroxylation is 1. The highest BCUT2D eigenvalue weighted by Gasteiger charge is 2.20. The van der Waals surface area contributed by atoms with Crippen molar-refractivity contribution in [2.75, 3.05) is 0 Å². The first-order chi connectivity index (χ1) is 11.7. The summed E-state index contributed by atoms with van der Waals surface area (Å²) in [4.78, 5) is 15.2. The minimum absolute atomic E-state index is 0.117. The van der Waals surface area contributed by atoms with Crippen molar-refractivity contribution in [1.82, 2.24) is 4.98 Å². The molecule has 0 fully saturated rings. The maximum atomic E-state index is 10.8. The van der Waals surface area contributed by atoms with Crippen LogP contribution < -0.4 is 0 Å². The Morgan fingerprint density at radius 3 is 2.67 bits per heavy atom.